The largest absolute Gasteiger partial charge is 0.481 e. The number of carboxylic acid groups (broad SMARTS) is 1. The van der Waals surface area contributed by atoms with Gasteiger partial charge in [0.15, 0.2) is 0 Å². The molecule has 1 aliphatic rings. The Balaban J connectivity index is 2.13. The van der Waals surface area contributed by atoms with Crippen LogP contribution >= 0.6 is 0 Å². The molecule has 0 aromatic carbocycles. The van der Waals surface area contributed by atoms with Crippen molar-refractivity contribution in [2.24, 2.45) is 0 Å². The first-order valence-electron chi connectivity index (χ1n) is 4.79. The standard InChI is InChI=1S/C10H12N2O2/c13-9(14)6-8-4-5-11-10(12-8)7-2-1-3-7/h4-5,7H,1-3,6H2,(H,13,14). The zero-order valence-electron chi connectivity index (χ0n) is 7.81. The van der Waals surface area contributed by atoms with Crippen molar-refractivity contribution in [3.63, 3.8) is 0 Å². The van der Waals surface area contributed by atoms with Crippen LogP contribution in [0.3, 0.4) is 0 Å². The van der Waals surface area contributed by atoms with Crippen LogP contribution in [0.15, 0.2) is 12.3 Å². The molecule has 0 radical (unpaired) electrons. The molecular formula is C10H12N2O2. The fourth-order valence-corrected chi connectivity index (χ4v) is 1.53. The van der Waals surface area contributed by atoms with Gasteiger partial charge in [-0.25, -0.2) is 9.97 Å². The van der Waals surface area contributed by atoms with Crippen LogP contribution < -0.4 is 0 Å². The summed E-state index contributed by atoms with van der Waals surface area (Å²) in [5.41, 5.74) is 0.606. The fraction of sp³-hybridized carbons (Fsp3) is 0.500. The summed E-state index contributed by atoms with van der Waals surface area (Å²) in [5.74, 6) is 0.432. The van der Waals surface area contributed by atoms with Crippen LogP contribution in [0.2, 0.25) is 0 Å². The van der Waals surface area contributed by atoms with E-state index in [4.69, 9.17) is 5.11 Å². The molecule has 4 heteroatoms. The van der Waals surface area contributed by atoms with E-state index in [0.29, 0.717) is 11.6 Å². The molecule has 0 spiro atoms. The maximum atomic E-state index is 10.5. The smallest absolute Gasteiger partial charge is 0.309 e. The molecule has 1 heterocycles. The molecule has 1 aliphatic carbocycles. The molecule has 0 unspecified atom stereocenters. The normalized spacial score (nSPS) is 16.3. The Morgan fingerprint density at radius 3 is 2.93 bits per heavy atom. The van der Waals surface area contributed by atoms with Gasteiger partial charge >= 0.3 is 5.97 Å². The van der Waals surface area contributed by atoms with Crippen LogP contribution in [-0.2, 0) is 11.2 Å². The number of rotatable bonds is 3. The van der Waals surface area contributed by atoms with Gasteiger partial charge in [0.2, 0.25) is 0 Å². The molecule has 0 saturated heterocycles. The average Bonchev–Trinajstić information content (AvgIpc) is 1.99. The number of carboxylic acids is 1. The fourth-order valence-electron chi connectivity index (χ4n) is 1.53. The maximum absolute atomic E-state index is 10.5. The zero-order chi connectivity index (χ0) is 9.97. The summed E-state index contributed by atoms with van der Waals surface area (Å²) in [6.45, 7) is 0. The minimum Gasteiger partial charge on any atom is -0.481 e. The topological polar surface area (TPSA) is 63.1 Å². The van der Waals surface area contributed by atoms with E-state index in [-0.39, 0.29) is 6.42 Å². The summed E-state index contributed by atoms with van der Waals surface area (Å²) in [6, 6.07) is 1.66. The Bertz CT molecular complexity index is 348. The number of hydrogen-bond acceptors (Lipinski definition) is 3. The van der Waals surface area contributed by atoms with Crippen LogP contribution in [0, 0.1) is 0 Å². The van der Waals surface area contributed by atoms with Gasteiger partial charge in [-0.2, -0.15) is 0 Å². The highest BCUT2D eigenvalue weighted by Gasteiger charge is 2.22. The third kappa shape index (κ3) is 1.89. The van der Waals surface area contributed by atoms with E-state index in [1.165, 1.54) is 6.42 Å². The highest BCUT2D eigenvalue weighted by Crippen LogP contribution is 2.33. The number of hydrogen-bond donors (Lipinski definition) is 1. The van der Waals surface area contributed by atoms with Gasteiger partial charge in [-0.3, -0.25) is 4.79 Å². The minimum absolute atomic E-state index is 0.0117. The minimum atomic E-state index is -0.844. The first-order chi connectivity index (χ1) is 6.75. The van der Waals surface area contributed by atoms with E-state index in [2.05, 4.69) is 9.97 Å². The first-order valence-corrected chi connectivity index (χ1v) is 4.79. The third-order valence-corrected chi connectivity index (χ3v) is 2.53. The van der Waals surface area contributed by atoms with Crippen molar-refractivity contribution < 1.29 is 9.90 Å². The molecule has 2 rings (SSSR count). The number of nitrogens with zero attached hydrogens (tertiary/aromatic N) is 2. The first kappa shape index (κ1) is 9.12. The second-order valence-electron chi connectivity index (χ2n) is 3.60. The molecule has 1 aromatic rings. The quantitative estimate of drug-likeness (QED) is 0.785. The van der Waals surface area contributed by atoms with Gasteiger partial charge in [0, 0.05) is 12.1 Å². The molecule has 1 aromatic heterocycles. The predicted octanol–water partition coefficient (Wildman–Crippen LogP) is 1.37. The van der Waals surface area contributed by atoms with Crippen molar-refractivity contribution in [2.45, 2.75) is 31.6 Å². The molecule has 74 valence electrons. The van der Waals surface area contributed by atoms with Crippen molar-refractivity contribution in [1.29, 1.82) is 0 Å². The van der Waals surface area contributed by atoms with Crippen molar-refractivity contribution >= 4 is 5.97 Å². The second kappa shape index (κ2) is 3.74. The number of aliphatic carboxylic acids is 1. The molecule has 4 nitrogen and oxygen atoms in total. The van der Waals surface area contributed by atoms with Gasteiger partial charge in [0.1, 0.15) is 5.82 Å². The van der Waals surface area contributed by atoms with Crippen molar-refractivity contribution in [2.75, 3.05) is 0 Å². The highest BCUT2D eigenvalue weighted by molar-refractivity contribution is 5.69. The Labute approximate surface area is 82.0 Å². The van der Waals surface area contributed by atoms with E-state index in [9.17, 15) is 4.79 Å². The van der Waals surface area contributed by atoms with E-state index in [1.807, 2.05) is 0 Å². The van der Waals surface area contributed by atoms with Crippen molar-refractivity contribution in [3.8, 4) is 0 Å². The van der Waals surface area contributed by atoms with E-state index < -0.39 is 5.97 Å². The van der Waals surface area contributed by atoms with Crippen molar-refractivity contribution in [3.05, 3.63) is 23.8 Å². The second-order valence-corrected chi connectivity index (χ2v) is 3.60. The van der Waals surface area contributed by atoms with Crippen molar-refractivity contribution in [1.82, 2.24) is 9.97 Å². The summed E-state index contributed by atoms with van der Waals surface area (Å²) in [5, 5.41) is 8.61. The third-order valence-electron chi connectivity index (χ3n) is 2.53. The van der Waals surface area contributed by atoms with Gasteiger partial charge in [0.05, 0.1) is 12.1 Å². The zero-order valence-corrected chi connectivity index (χ0v) is 7.81. The van der Waals surface area contributed by atoms with Gasteiger partial charge in [-0.1, -0.05) is 6.42 Å². The predicted molar refractivity (Wildman–Crippen MR) is 50.0 cm³/mol. The van der Waals surface area contributed by atoms with Gasteiger partial charge < -0.3 is 5.11 Å². The molecule has 0 amide bonds. The Morgan fingerprint density at radius 2 is 2.36 bits per heavy atom. The lowest BCUT2D eigenvalue weighted by Crippen LogP contribution is -2.14. The van der Waals surface area contributed by atoms with E-state index in [1.54, 1.807) is 12.3 Å². The Morgan fingerprint density at radius 1 is 1.57 bits per heavy atom. The van der Waals surface area contributed by atoms with Crippen LogP contribution in [0.5, 0.6) is 0 Å². The molecule has 1 fully saturated rings. The van der Waals surface area contributed by atoms with Gasteiger partial charge in [-0.15, -0.1) is 0 Å². The molecule has 14 heavy (non-hydrogen) atoms. The Hall–Kier alpha value is -1.45. The molecule has 0 aliphatic heterocycles. The van der Waals surface area contributed by atoms with Crippen LogP contribution in [0.25, 0.3) is 0 Å². The lowest BCUT2D eigenvalue weighted by atomic mass is 9.85. The summed E-state index contributed by atoms with van der Waals surface area (Å²) in [4.78, 5) is 18.9. The summed E-state index contributed by atoms with van der Waals surface area (Å²) in [6.07, 6.45) is 5.14. The van der Waals surface area contributed by atoms with Crippen LogP contribution in [0.4, 0.5) is 0 Å². The number of aromatic nitrogens is 2. The van der Waals surface area contributed by atoms with Crippen LogP contribution in [-0.4, -0.2) is 21.0 Å². The highest BCUT2D eigenvalue weighted by atomic mass is 16.4. The lowest BCUT2D eigenvalue weighted by Gasteiger charge is -2.23. The van der Waals surface area contributed by atoms with Crippen LogP contribution in [0.1, 0.15) is 36.7 Å². The molecule has 1 N–H and O–H groups in total. The number of carbonyl (C=O) groups is 1. The molecule has 1 saturated carbocycles. The van der Waals surface area contributed by atoms with E-state index in [0.717, 1.165) is 18.7 Å². The molecule has 0 bridgehead atoms. The van der Waals surface area contributed by atoms with E-state index >= 15 is 0 Å². The Kier molecular flexibility index (Phi) is 2.43. The van der Waals surface area contributed by atoms with Gasteiger partial charge in [0.25, 0.3) is 0 Å². The maximum Gasteiger partial charge on any atom is 0.309 e. The lowest BCUT2D eigenvalue weighted by molar-refractivity contribution is -0.136. The summed E-state index contributed by atoms with van der Waals surface area (Å²) in [7, 11) is 0. The summed E-state index contributed by atoms with van der Waals surface area (Å²) < 4.78 is 0. The van der Waals surface area contributed by atoms with Gasteiger partial charge in [-0.05, 0) is 18.9 Å². The monoisotopic (exact) mass is 192 g/mol. The molecular weight excluding hydrogens is 180 g/mol. The molecule has 0 atom stereocenters. The summed E-state index contributed by atoms with van der Waals surface area (Å²) >= 11 is 0. The SMILES string of the molecule is O=C(O)Cc1ccnc(C2CCC2)n1. The average molecular weight is 192 g/mol.